The van der Waals surface area contributed by atoms with Gasteiger partial charge in [0.2, 0.25) is 0 Å². The van der Waals surface area contributed by atoms with Gasteiger partial charge in [0, 0.05) is 43.8 Å². The highest BCUT2D eigenvalue weighted by atomic mass is 35.5. The van der Waals surface area contributed by atoms with Gasteiger partial charge in [-0.05, 0) is 24.6 Å². The molecule has 0 spiro atoms. The van der Waals surface area contributed by atoms with E-state index in [1.54, 1.807) is 0 Å². The molecule has 1 N–H and O–H groups in total. The molecule has 0 amide bonds. The first kappa shape index (κ1) is 14.0. The van der Waals surface area contributed by atoms with Gasteiger partial charge in [-0.25, -0.2) is 0 Å². The molecule has 1 heterocycles. The van der Waals surface area contributed by atoms with E-state index in [4.69, 9.17) is 16.3 Å². The summed E-state index contributed by atoms with van der Waals surface area (Å²) in [6, 6.07) is 6.67. The molecule has 3 atom stereocenters. The number of halogens is 1. The summed E-state index contributed by atoms with van der Waals surface area (Å²) in [5.74, 6) is 0.636. The number of rotatable bonds is 3. The van der Waals surface area contributed by atoms with Gasteiger partial charge in [-0.3, -0.25) is 0 Å². The smallest absolute Gasteiger partial charge is 0.0694 e. The van der Waals surface area contributed by atoms with Crippen LogP contribution in [0.1, 0.15) is 20.3 Å². The second-order valence-electron chi connectivity index (χ2n) is 6.75. The van der Waals surface area contributed by atoms with Crippen LogP contribution < -0.4 is 10.2 Å². The number of benzene rings is 1. The van der Waals surface area contributed by atoms with Gasteiger partial charge in [0.05, 0.1) is 16.8 Å². The van der Waals surface area contributed by atoms with Crippen molar-refractivity contribution < 1.29 is 4.74 Å². The molecule has 1 aromatic carbocycles. The maximum atomic E-state index is 6.35. The molecular formula is C16H23ClN2O. The summed E-state index contributed by atoms with van der Waals surface area (Å²) in [6.45, 7) is 5.47. The normalized spacial score (nSPS) is 30.6. The monoisotopic (exact) mass is 294 g/mol. The van der Waals surface area contributed by atoms with Gasteiger partial charge in [0.1, 0.15) is 0 Å². The topological polar surface area (TPSA) is 24.5 Å². The van der Waals surface area contributed by atoms with Crippen LogP contribution >= 0.6 is 11.6 Å². The Kier molecular flexibility index (Phi) is 3.38. The maximum absolute atomic E-state index is 6.35. The summed E-state index contributed by atoms with van der Waals surface area (Å²) >= 11 is 6.35. The van der Waals surface area contributed by atoms with Crippen molar-refractivity contribution in [1.82, 2.24) is 0 Å². The van der Waals surface area contributed by atoms with Gasteiger partial charge >= 0.3 is 0 Å². The lowest BCUT2D eigenvalue weighted by atomic mass is 9.57. The molecule has 1 aliphatic heterocycles. The molecule has 2 aliphatic rings. The SMILES string of the molecule is CN(C)c1ccc(NC2C3CCOC3C2(C)C)cc1Cl. The fourth-order valence-corrected chi connectivity index (χ4v) is 4.11. The van der Waals surface area contributed by atoms with E-state index >= 15 is 0 Å². The molecule has 1 aromatic rings. The highest BCUT2D eigenvalue weighted by Crippen LogP contribution is 2.53. The minimum atomic E-state index is 0.188. The van der Waals surface area contributed by atoms with Crippen LogP contribution in [-0.4, -0.2) is 32.8 Å². The molecule has 3 nitrogen and oxygen atoms in total. The Morgan fingerprint density at radius 2 is 2.10 bits per heavy atom. The van der Waals surface area contributed by atoms with Gasteiger partial charge in [-0.1, -0.05) is 25.4 Å². The number of hydrogen-bond acceptors (Lipinski definition) is 3. The highest BCUT2D eigenvalue weighted by Gasteiger charge is 2.59. The standard InChI is InChI=1S/C16H23ClN2O/c1-16(2)14(11-7-8-20-15(11)16)18-10-5-6-13(19(3)4)12(17)9-10/h5-6,9,11,14-15,18H,7-8H2,1-4H3. The Hall–Kier alpha value is -0.930. The zero-order chi connectivity index (χ0) is 14.5. The van der Waals surface area contributed by atoms with Crippen LogP contribution in [0.4, 0.5) is 11.4 Å². The average Bonchev–Trinajstić information content (AvgIpc) is 2.82. The van der Waals surface area contributed by atoms with Crippen LogP contribution in [-0.2, 0) is 4.74 Å². The third kappa shape index (κ3) is 2.08. The van der Waals surface area contributed by atoms with Crippen LogP contribution in [0.5, 0.6) is 0 Å². The summed E-state index contributed by atoms with van der Waals surface area (Å²) in [4.78, 5) is 2.03. The molecule has 3 unspecified atom stereocenters. The third-order valence-electron chi connectivity index (χ3n) is 4.85. The predicted molar refractivity (Wildman–Crippen MR) is 84.8 cm³/mol. The number of hydrogen-bond donors (Lipinski definition) is 1. The highest BCUT2D eigenvalue weighted by molar-refractivity contribution is 6.33. The fraction of sp³-hybridized carbons (Fsp3) is 0.625. The molecule has 3 rings (SSSR count). The van der Waals surface area contributed by atoms with Crippen LogP contribution in [0.3, 0.4) is 0 Å². The molecule has 0 bridgehead atoms. The number of fused-ring (bicyclic) bond motifs is 1. The van der Waals surface area contributed by atoms with Gasteiger partial charge < -0.3 is 15.0 Å². The zero-order valence-electron chi connectivity index (χ0n) is 12.6. The lowest BCUT2D eigenvalue weighted by Gasteiger charge is -2.55. The number of ether oxygens (including phenoxy) is 1. The molecule has 20 heavy (non-hydrogen) atoms. The van der Waals surface area contributed by atoms with E-state index in [0.717, 1.165) is 29.4 Å². The Labute approximate surface area is 126 Å². The quantitative estimate of drug-likeness (QED) is 0.921. The largest absolute Gasteiger partial charge is 0.381 e. The van der Waals surface area contributed by atoms with Crippen molar-refractivity contribution >= 4 is 23.0 Å². The van der Waals surface area contributed by atoms with E-state index in [9.17, 15) is 0 Å². The zero-order valence-corrected chi connectivity index (χ0v) is 13.4. The second-order valence-corrected chi connectivity index (χ2v) is 7.16. The van der Waals surface area contributed by atoms with Gasteiger partial charge in [-0.2, -0.15) is 0 Å². The Morgan fingerprint density at radius 1 is 1.35 bits per heavy atom. The molecule has 0 radical (unpaired) electrons. The van der Waals surface area contributed by atoms with E-state index in [2.05, 4.69) is 31.3 Å². The van der Waals surface area contributed by atoms with Crippen molar-refractivity contribution in [1.29, 1.82) is 0 Å². The molecule has 110 valence electrons. The van der Waals surface area contributed by atoms with Crippen molar-refractivity contribution in [3.05, 3.63) is 23.2 Å². The molecule has 0 aromatic heterocycles. The Balaban J connectivity index is 1.77. The van der Waals surface area contributed by atoms with E-state index in [1.807, 2.05) is 25.1 Å². The second kappa shape index (κ2) is 4.81. The molecule has 1 saturated carbocycles. The number of nitrogens with one attached hydrogen (secondary N) is 1. The van der Waals surface area contributed by atoms with Crippen LogP contribution in [0.2, 0.25) is 5.02 Å². The third-order valence-corrected chi connectivity index (χ3v) is 5.15. The summed E-state index contributed by atoms with van der Waals surface area (Å²) in [5, 5.41) is 4.45. The summed E-state index contributed by atoms with van der Waals surface area (Å²) in [5.41, 5.74) is 2.34. The molecule has 2 fully saturated rings. The first-order valence-electron chi connectivity index (χ1n) is 7.26. The van der Waals surface area contributed by atoms with Gasteiger partial charge in [0.25, 0.3) is 0 Å². The lowest BCUT2D eigenvalue weighted by Crippen LogP contribution is -2.63. The summed E-state index contributed by atoms with van der Waals surface area (Å²) in [6.07, 6.45) is 1.58. The molecule has 1 aliphatic carbocycles. The van der Waals surface area contributed by atoms with Crippen LogP contribution in [0.15, 0.2) is 18.2 Å². The van der Waals surface area contributed by atoms with Crippen LogP contribution in [0.25, 0.3) is 0 Å². The van der Waals surface area contributed by atoms with Crippen molar-refractivity contribution in [3.8, 4) is 0 Å². The van der Waals surface area contributed by atoms with Crippen molar-refractivity contribution in [2.75, 3.05) is 30.9 Å². The summed E-state index contributed by atoms with van der Waals surface area (Å²) < 4.78 is 5.84. The average molecular weight is 295 g/mol. The van der Waals surface area contributed by atoms with E-state index in [1.165, 1.54) is 0 Å². The lowest BCUT2D eigenvalue weighted by molar-refractivity contribution is -0.0923. The minimum absolute atomic E-state index is 0.188. The van der Waals surface area contributed by atoms with Crippen LogP contribution in [0, 0.1) is 11.3 Å². The van der Waals surface area contributed by atoms with Crippen molar-refractivity contribution in [2.45, 2.75) is 32.4 Å². The van der Waals surface area contributed by atoms with E-state index < -0.39 is 0 Å². The first-order valence-corrected chi connectivity index (χ1v) is 7.64. The Morgan fingerprint density at radius 3 is 2.75 bits per heavy atom. The summed E-state index contributed by atoms with van der Waals surface area (Å²) in [7, 11) is 4.01. The van der Waals surface area contributed by atoms with E-state index in [-0.39, 0.29) is 5.41 Å². The minimum Gasteiger partial charge on any atom is -0.381 e. The molecule has 1 saturated heterocycles. The fourth-order valence-electron chi connectivity index (χ4n) is 3.76. The predicted octanol–water partition coefficient (Wildman–Crippen LogP) is 3.63. The first-order chi connectivity index (χ1) is 9.41. The number of nitrogens with zero attached hydrogens (tertiary/aromatic N) is 1. The molecular weight excluding hydrogens is 272 g/mol. The number of anilines is 2. The Bertz CT molecular complexity index is 515. The maximum Gasteiger partial charge on any atom is 0.0694 e. The van der Waals surface area contributed by atoms with Crippen molar-refractivity contribution in [3.63, 3.8) is 0 Å². The van der Waals surface area contributed by atoms with E-state index in [0.29, 0.717) is 18.1 Å². The van der Waals surface area contributed by atoms with Gasteiger partial charge in [0.15, 0.2) is 0 Å². The van der Waals surface area contributed by atoms with Crippen molar-refractivity contribution in [2.24, 2.45) is 11.3 Å². The van der Waals surface area contributed by atoms with Gasteiger partial charge in [-0.15, -0.1) is 0 Å². The molecule has 4 heteroatoms.